The molecular weight excluding hydrogens is 358 g/mol. The van der Waals surface area contributed by atoms with E-state index in [2.05, 4.69) is 15.5 Å². The number of carbonyl (C=O) groups is 2. The first kappa shape index (κ1) is 18.5. The van der Waals surface area contributed by atoms with E-state index in [-0.39, 0.29) is 18.0 Å². The number of urea groups is 1. The molecule has 1 aliphatic heterocycles. The van der Waals surface area contributed by atoms with E-state index in [1.165, 1.54) is 0 Å². The second-order valence-electron chi connectivity index (χ2n) is 7.62. The van der Waals surface area contributed by atoms with Crippen LogP contribution in [0.4, 0.5) is 16.2 Å². The molecule has 0 bridgehead atoms. The number of rotatable bonds is 6. The molecule has 0 spiro atoms. The van der Waals surface area contributed by atoms with Crippen LogP contribution in [-0.4, -0.2) is 46.6 Å². The normalized spacial score (nSPS) is 19.1. The minimum atomic E-state index is -0.204. The van der Waals surface area contributed by atoms with Crippen LogP contribution in [0.1, 0.15) is 50.2 Å². The van der Waals surface area contributed by atoms with Gasteiger partial charge in [0.1, 0.15) is 0 Å². The third-order valence-corrected chi connectivity index (χ3v) is 5.31. The average molecular weight is 383 g/mol. The Labute approximate surface area is 163 Å². The lowest BCUT2D eigenvalue weighted by molar-refractivity contribution is -0.117. The molecule has 1 saturated heterocycles. The summed E-state index contributed by atoms with van der Waals surface area (Å²) in [4.78, 5) is 32.2. The molecule has 2 heterocycles. The first-order valence-electron chi connectivity index (χ1n) is 9.78. The molecule has 0 unspecified atom stereocenters. The summed E-state index contributed by atoms with van der Waals surface area (Å²) in [6.07, 6.45) is 4.26. The number of benzene rings is 1. The van der Waals surface area contributed by atoms with Gasteiger partial charge in [-0.2, -0.15) is 4.98 Å². The highest BCUT2D eigenvalue weighted by atomic mass is 16.5. The molecule has 2 aromatic rings. The summed E-state index contributed by atoms with van der Waals surface area (Å²) in [5, 5.41) is 6.85. The van der Waals surface area contributed by atoms with Gasteiger partial charge in [0.05, 0.1) is 0 Å². The quantitative estimate of drug-likeness (QED) is 0.827. The Kier molecular flexibility index (Phi) is 5.02. The maximum absolute atomic E-state index is 12.4. The van der Waals surface area contributed by atoms with E-state index >= 15 is 0 Å². The fourth-order valence-corrected chi connectivity index (χ4v) is 3.38. The van der Waals surface area contributed by atoms with E-state index in [1.807, 2.05) is 36.1 Å². The predicted octanol–water partition coefficient (Wildman–Crippen LogP) is 3.17. The minimum absolute atomic E-state index is 0.148. The Balaban J connectivity index is 1.29. The second-order valence-corrected chi connectivity index (χ2v) is 7.62. The van der Waals surface area contributed by atoms with Gasteiger partial charge in [0.25, 0.3) is 0 Å². The van der Waals surface area contributed by atoms with Crippen molar-refractivity contribution in [1.29, 1.82) is 0 Å². The van der Waals surface area contributed by atoms with Gasteiger partial charge in [-0.15, -0.1) is 0 Å². The lowest BCUT2D eigenvalue weighted by Gasteiger charge is -2.22. The third kappa shape index (κ3) is 4.00. The molecule has 0 radical (unpaired) electrons. The average Bonchev–Trinajstić information content (AvgIpc) is 3.34. The SMILES string of the molecule is C[C@@H]1CCC(=O)N1c1ccc(NC(=O)N(C)CCc2noc(C3CC3)n2)cc1. The number of nitrogens with zero attached hydrogens (tertiary/aromatic N) is 4. The molecule has 4 rings (SSSR count). The molecule has 2 aliphatic rings. The molecule has 3 amide bonds. The Morgan fingerprint density at radius 1 is 1.29 bits per heavy atom. The van der Waals surface area contributed by atoms with Crippen LogP contribution in [0.25, 0.3) is 0 Å². The van der Waals surface area contributed by atoms with E-state index < -0.39 is 0 Å². The van der Waals surface area contributed by atoms with Crippen LogP contribution in [0.3, 0.4) is 0 Å². The van der Waals surface area contributed by atoms with Gasteiger partial charge in [-0.25, -0.2) is 4.79 Å². The highest BCUT2D eigenvalue weighted by molar-refractivity contribution is 5.96. The van der Waals surface area contributed by atoms with Gasteiger partial charge in [0.15, 0.2) is 5.82 Å². The van der Waals surface area contributed by atoms with Crippen LogP contribution >= 0.6 is 0 Å². The maximum atomic E-state index is 12.4. The summed E-state index contributed by atoms with van der Waals surface area (Å²) < 4.78 is 5.24. The highest BCUT2D eigenvalue weighted by Gasteiger charge is 2.30. The minimum Gasteiger partial charge on any atom is -0.339 e. The molecule has 1 aliphatic carbocycles. The second kappa shape index (κ2) is 7.61. The Morgan fingerprint density at radius 2 is 2.04 bits per heavy atom. The van der Waals surface area contributed by atoms with Crippen molar-refractivity contribution in [2.45, 2.75) is 51.0 Å². The van der Waals surface area contributed by atoms with Crippen molar-refractivity contribution in [1.82, 2.24) is 15.0 Å². The van der Waals surface area contributed by atoms with Crippen molar-refractivity contribution in [3.63, 3.8) is 0 Å². The number of amides is 3. The Morgan fingerprint density at radius 3 is 2.68 bits per heavy atom. The molecule has 8 heteroatoms. The topological polar surface area (TPSA) is 91.6 Å². The van der Waals surface area contributed by atoms with Crippen LogP contribution < -0.4 is 10.2 Å². The molecule has 1 N–H and O–H groups in total. The van der Waals surface area contributed by atoms with Gasteiger partial charge in [-0.1, -0.05) is 5.16 Å². The molecule has 1 saturated carbocycles. The third-order valence-electron chi connectivity index (χ3n) is 5.31. The Hall–Kier alpha value is -2.90. The summed E-state index contributed by atoms with van der Waals surface area (Å²) >= 11 is 0. The largest absolute Gasteiger partial charge is 0.339 e. The molecule has 1 aromatic carbocycles. The van der Waals surface area contributed by atoms with Crippen molar-refractivity contribution in [2.24, 2.45) is 0 Å². The van der Waals surface area contributed by atoms with Gasteiger partial charge in [0.2, 0.25) is 11.8 Å². The summed E-state index contributed by atoms with van der Waals surface area (Å²) in [6, 6.07) is 7.39. The zero-order valence-corrected chi connectivity index (χ0v) is 16.2. The Bertz CT molecular complexity index is 859. The van der Waals surface area contributed by atoms with Crippen LogP contribution in [0.2, 0.25) is 0 Å². The predicted molar refractivity (Wildman–Crippen MR) is 104 cm³/mol. The van der Waals surface area contributed by atoms with E-state index in [4.69, 9.17) is 4.52 Å². The standard InChI is InChI=1S/C20H25N5O3/c1-13-3-10-18(26)25(13)16-8-6-15(7-9-16)21-20(27)24(2)12-11-17-22-19(28-23-17)14-4-5-14/h6-9,13-14H,3-5,10-12H2,1-2H3,(H,21,27)/t13-/m1/s1. The van der Waals surface area contributed by atoms with Gasteiger partial charge in [-0.3, -0.25) is 4.79 Å². The van der Waals surface area contributed by atoms with Gasteiger partial charge < -0.3 is 19.6 Å². The van der Waals surface area contributed by atoms with E-state index in [0.717, 1.165) is 24.9 Å². The van der Waals surface area contributed by atoms with Gasteiger partial charge in [-0.05, 0) is 50.5 Å². The number of aromatic nitrogens is 2. The molecule has 28 heavy (non-hydrogen) atoms. The number of carbonyl (C=O) groups excluding carboxylic acids is 2. The van der Waals surface area contributed by atoms with E-state index in [1.54, 1.807) is 11.9 Å². The monoisotopic (exact) mass is 383 g/mol. The molecule has 1 aromatic heterocycles. The zero-order chi connectivity index (χ0) is 19.7. The molecule has 1 atom stereocenters. The number of nitrogens with one attached hydrogen (secondary N) is 1. The van der Waals surface area contributed by atoms with Crippen LogP contribution in [-0.2, 0) is 11.2 Å². The van der Waals surface area contributed by atoms with Crippen LogP contribution in [0.15, 0.2) is 28.8 Å². The lowest BCUT2D eigenvalue weighted by atomic mass is 10.2. The fraction of sp³-hybridized carbons (Fsp3) is 0.500. The number of hydrogen-bond donors (Lipinski definition) is 1. The maximum Gasteiger partial charge on any atom is 0.321 e. The van der Waals surface area contributed by atoms with Crippen molar-refractivity contribution >= 4 is 23.3 Å². The van der Waals surface area contributed by atoms with Crippen molar-refractivity contribution in [3.8, 4) is 0 Å². The number of likely N-dealkylation sites (N-methyl/N-ethyl adjacent to an activating group) is 1. The molecule has 148 valence electrons. The van der Waals surface area contributed by atoms with Crippen molar-refractivity contribution in [3.05, 3.63) is 36.0 Å². The first-order chi connectivity index (χ1) is 13.5. The van der Waals surface area contributed by atoms with Crippen LogP contribution in [0, 0.1) is 0 Å². The molecular formula is C20H25N5O3. The summed E-state index contributed by atoms with van der Waals surface area (Å²) in [6.45, 7) is 2.54. The van der Waals surface area contributed by atoms with E-state index in [9.17, 15) is 9.59 Å². The van der Waals surface area contributed by atoms with Crippen molar-refractivity contribution < 1.29 is 14.1 Å². The van der Waals surface area contributed by atoms with E-state index in [0.29, 0.717) is 42.7 Å². The summed E-state index contributed by atoms with van der Waals surface area (Å²) in [5.74, 6) is 1.93. The van der Waals surface area contributed by atoms with Gasteiger partial charge >= 0.3 is 6.03 Å². The summed E-state index contributed by atoms with van der Waals surface area (Å²) in [5.41, 5.74) is 1.56. The summed E-state index contributed by atoms with van der Waals surface area (Å²) in [7, 11) is 1.73. The molecule has 2 fully saturated rings. The fourth-order valence-electron chi connectivity index (χ4n) is 3.38. The van der Waals surface area contributed by atoms with Crippen molar-refractivity contribution in [2.75, 3.05) is 23.8 Å². The zero-order valence-electron chi connectivity index (χ0n) is 16.2. The number of anilines is 2. The smallest absolute Gasteiger partial charge is 0.321 e. The van der Waals surface area contributed by atoms with Crippen LogP contribution in [0.5, 0.6) is 0 Å². The molecule has 8 nitrogen and oxygen atoms in total. The first-order valence-corrected chi connectivity index (χ1v) is 9.78. The number of hydrogen-bond acceptors (Lipinski definition) is 5. The van der Waals surface area contributed by atoms with Gasteiger partial charge in [0, 0.05) is 49.8 Å². The lowest BCUT2D eigenvalue weighted by Crippen LogP contribution is -2.33. The highest BCUT2D eigenvalue weighted by Crippen LogP contribution is 2.38.